The van der Waals surface area contributed by atoms with Gasteiger partial charge in [-0.15, -0.1) is 6.58 Å². The van der Waals surface area contributed by atoms with E-state index in [9.17, 15) is 9.59 Å². The van der Waals surface area contributed by atoms with Crippen LogP contribution in [-0.4, -0.2) is 17.1 Å². The van der Waals surface area contributed by atoms with E-state index < -0.39 is 5.41 Å². The van der Waals surface area contributed by atoms with Crippen molar-refractivity contribution in [2.24, 2.45) is 11.3 Å². The molecule has 0 fully saturated rings. The highest BCUT2D eigenvalue weighted by molar-refractivity contribution is 9.09. The summed E-state index contributed by atoms with van der Waals surface area (Å²) in [5.41, 5.74) is 0.427. The summed E-state index contributed by atoms with van der Waals surface area (Å²) in [4.78, 5) is 23.6. The normalized spacial score (nSPS) is 19.9. The summed E-state index contributed by atoms with van der Waals surface area (Å²) >= 11 is 3.30. The number of hydrogen-bond acceptors (Lipinski definition) is 3. The van der Waals surface area contributed by atoms with E-state index >= 15 is 0 Å². The van der Waals surface area contributed by atoms with E-state index in [1.807, 2.05) is 20.8 Å². The maximum absolute atomic E-state index is 12.1. The van der Waals surface area contributed by atoms with Crippen molar-refractivity contribution in [3.63, 3.8) is 0 Å². The van der Waals surface area contributed by atoms with Gasteiger partial charge in [0.25, 0.3) is 0 Å². The molecule has 0 aromatic carbocycles. The SMILES string of the molecule is C=C(C)CC1CCC(=O)C=C1OC(=O)C(C)(C)CBr. The molecule has 0 amide bonds. The van der Waals surface area contributed by atoms with Gasteiger partial charge in [0.1, 0.15) is 5.76 Å². The summed E-state index contributed by atoms with van der Waals surface area (Å²) in [6.07, 6.45) is 3.46. The Balaban J connectivity index is 2.84. The van der Waals surface area contributed by atoms with Crippen LogP contribution in [0, 0.1) is 11.3 Å². The molecule has 1 aliphatic carbocycles. The Bertz CT molecular complexity index is 421. The van der Waals surface area contributed by atoms with Crippen LogP contribution in [0.4, 0.5) is 0 Å². The number of ether oxygens (including phenoxy) is 1. The van der Waals surface area contributed by atoms with E-state index in [0.717, 1.165) is 18.4 Å². The number of carbonyl (C=O) groups excluding carboxylic acids is 2. The lowest BCUT2D eigenvalue weighted by atomic mass is 9.88. The van der Waals surface area contributed by atoms with Crippen LogP contribution in [0.3, 0.4) is 0 Å². The molecule has 0 radical (unpaired) electrons. The van der Waals surface area contributed by atoms with Crippen LogP contribution in [0.5, 0.6) is 0 Å². The maximum atomic E-state index is 12.1. The lowest BCUT2D eigenvalue weighted by molar-refractivity contribution is -0.149. The molecular weight excluding hydrogens is 308 g/mol. The topological polar surface area (TPSA) is 43.4 Å². The zero-order chi connectivity index (χ0) is 14.6. The van der Waals surface area contributed by atoms with Crippen LogP contribution in [0.25, 0.3) is 0 Å². The largest absolute Gasteiger partial charge is 0.430 e. The Morgan fingerprint density at radius 1 is 1.58 bits per heavy atom. The highest BCUT2D eigenvalue weighted by atomic mass is 79.9. The summed E-state index contributed by atoms with van der Waals surface area (Å²) in [6.45, 7) is 9.45. The van der Waals surface area contributed by atoms with Gasteiger partial charge in [-0.05, 0) is 33.6 Å². The second kappa shape index (κ2) is 6.51. The lowest BCUT2D eigenvalue weighted by Crippen LogP contribution is -2.30. The van der Waals surface area contributed by atoms with E-state index in [-0.39, 0.29) is 17.7 Å². The first-order valence-electron chi connectivity index (χ1n) is 6.43. The second-order valence-electron chi connectivity index (χ2n) is 5.82. The van der Waals surface area contributed by atoms with E-state index in [2.05, 4.69) is 22.5 Å². The predicted octanol–water partition coefficient (Wildman–Crippen LogP) is 3.78. The van der Waals surface area contributed by atoms with Crippen molar-refractivity contribution in [3.8, 4) is 0 Å². The van der Waals surface area contributed by atoms with Gasteiger partial charge in [0, 0.05) is 23.7 Å². The summed E-state index contributed by atoms with van der Waals surface area (Å²) in [5.74, 6) is 0.304. The van der Waals surface area contributed by atoms with Crippen molar-refractivity contribution < 1.29 is 14.3 Å². The molecule has 0 bridgehead atoms. The van der Waals surface area contributed by atoms with E-state index in [1.165, 1.54) is 6.08 Å². The molecule has 3 nitrogen and oxygen atoms in total. The fourth-order valence-corrected chi connectivity index (χ4v) is 2.07. The molecule has 1 unspecified atom stereocenters. The number of hydrogen-bond donors (Lipinski definition) is 0. The van der Waals surface area contributed by atoms with E-state index in [1.54, 1.807) is 0 Å². The molecule has 106 valence electrons. The first-order valence-corrected chi connectivity index (χ1v) is 7.55. The predicted molar refractivity (Wildman–Crippen MR) is 78.9 cm³/mol. The van der Waals surface area contributed by atoms with E-state index in [0.29, 0.717) is 17.5 Å². The Kier molecular flexibility index (Phi) is 5.53. The molecule has 19 heavy (non-hydrogen) atoms. The number of esters is 1. The van der Waals surface area contributed by atoms with Crippen molar-refractivity contribution in [1.29, 1.82) is 0 Å². The van der Waals surface area contributed by atoms with Gasteiger partial charge in [-0.1, -0.05) is 21.5 Å². The summed E-state index contributed by atoms with van der Waals surface area (Å²) in [7, 11) is 0. The van der Waals surface area contributed by atoms with E-state index in [4.69, 9.17) is 4.74 Å². The van der Waals surface area contributed by atoms with Crippen molar-refractivity contribution in [3.05, 3.63) is 24.0 Å². The van der Waals surface area contributed by atoms with Crippen LogP contribution in [-0.2, 0) is 14.3 Å². The third-order valence-corrected chi connectivity index (χ3v) is 4.54. The Morgan fingerprint density at radius 3 is 2.74 bits per heavy atom. The average molecular weight is 329 g/mol. The van der Waals surface area contributed by atoms with Gasteiger partial charge >= 0.3 is 5.97 Å². The second-order valence-corrected chi connectivity index (χ2v) is 6.38. The Labute approximate surface area is 123 Å². The molecule has 0 N–H and O–H groups in total. The average Bonchev–Trinajstić information content (AvgIpc) is 2.32. The minimum atomic E-state index is -0.602. The number of ketones is 1. The first kappa shape index (κ1) is 16.2. The molecule has 0 aromatic rings. The molecular formula is C15H21BrO3. The van der Waals surface area contributed by atoms with Crippen molar-refractivity contribution in [2.45, 2.75) is 40.0 Å². The minimum absolute atomic E-state index is 0.0254. The van der Waals surface area contributed by atoms with Crippen molar-refractivity contribution in [1.82, 2.24) is 0 Å². The molecule has 1 atom stereocenters. The number of halogens is 1. The quantitative estimate of drug-likeness (QED) is 0.438. The van der Waals surface area contributed by atoms with Crippen molar-refractivity contribution >= 4 is 27.7 Å². The molecule has 1 rings (SSSR count). The summed E-state index contributed by atoms with van der Waals surface area (Å²) < 4.78 is 5.46. The van der Waals surface area contributed by atoms with Gasteiger partial charge < -0.3 is 4.74 Å². The highest BCUT2D eigenvalue weighted by Crippen LogP contribution is 2.31. The number of rotatable bonds is 5. The molecule has 4 heteroatoms. The molecule has 0 saturated carbocycles. The highest BCUT2D eigenvalue weighted by Gasteiger charge is 2.32. The van der Waals surface area contributed by atoms with Gasteiger partial charge in [-0.2, -0.15) is 0 Å². The zero-order valence-electron chi connectivity index (χ0n) is 11.8. The Hall–Kier alpha value is -0.900. The summed E-state index contributed by atoms with van der Waals surface area (Å²) in [6, 6.07) is 0. The minimum Gasteiger partial charge on any atom is -0.430 e. The number of carbonyl (C=O) groups is 2. The smallest absolute Gasteiger partial charge is 0.317 e. The van der Waals surface area contributed by atoms with Crippen LogP contribution in [0.2, 0.25) is 0 Å². The molecule has 1 aliphatic rings. The number of alkyl halides is 1. The summed E-state index contributed by atoms with van der Waals surface area (Å²) in [5, 5.41) is 0.519. The van der Waals surface area contributed by atoms with Gasteiger partial charge in [0.05, 0.1) is 5.41 Å². The maximum Gasteiger partial charge on any atom is 0.317 e. The molecule has 0 heterocycles. The zero-order valence-corrected chi connectivity index (χ0v) is 13.4. The fourth-order valence-electron chi connectivity index (χ4n) is 1.84. The van der Waals surface area contributed by atoms with Gasteiger partial charge in [0.15, 0.2) is 5.78 Å². The molecule has 0 aliphatic heterocycles. The molecule has 0 saturated heterocycles. The van der Waals surface area contributed by atoms with Crippen LogP contribution < -0.4 is 0 Å². The standard InChI is InChI=1S/C15H21BrO3/c1-10(2)7-11-5-6-12(17)8-13(11)19-14(18)15(3,4)9-16/h8,11H,1,5-7,9H2,2-4H3. The Morgan fingerprint density at radius 2 is 2.21 bits per heavy atom. The third-order valence-electron chi connectivity index (χ3n) is 3.14. The first-order chi connectivity index (χ1) is 8.76. The van der Waals surface area contributed by atoms with Gasteiger partial charge in [-0.3, -0.25) is 9.59 Å². The lowest BCUT2D eigenvalue weighted by Gasteiger charge is -2.26. The monoisotopic (exact) mass is 328 g/mol. The molecule has 0 aromatic heterocycles. The van der Waals surface area contributed by atoms with Crippen LogP contribution in [0.1, 0.15) is 40.0 Å². The van der Waals surface area contributed by atoms with Gasteiger partial charge in [-0.25, -0.2) is 0 Å². The van der Waals surface area contributed by atoms with Crippen molar-refractivity contribution in [2.75, 3.05) is 5.33 Å². The third kappa shape index (κ3) is 4.60. The van der Waals surface area contributed by atoms with Crippen LogP contribution in [0.15, 0.2) is 24.0 Å². The number of allylic oxidation sites excluding steroid dienone is 3. The fraction of sp³-hybridized carbons (Fsp3) is 0.600. The van der Waals surface area contributed by atoms with Gasteiger partial charge in [0.2, 0.25) is 0 Å². The van der Waals surface area contributed by atoms with Crippen LogP contribution >= 0.6 is 15.9 Å². The molecule has 0 spiro atoms.